The molecule has 0 aliphatic rings. The summed E-state index contributed by atoms with van der Waals surface area (Å²) in [5.74, 6) is 2.08. The third-order valence-electron chi connectivity index (χ3n) is 11.8. The van der Waals surface area contributed by atoms with Gasteiger partial charge in [-0.25, -0.2) is 0 Å². The van der Waals surface area contributed by atoms with Crippen LogP contribution in [0.5, 0.6) is 0 Å². The van der Waals surface area contributed by atoms with E-state index in [0.29, 0.717) is 70.4 Å². The molecule has 0 aliphatic heterocycles. The quantitative estimate of drug-likeness (QED) is 0.0150. The van der Waals surface area contributed by atoms with E-state index in [1.54, 1.807) is 17.8 Å². The molecule has 0 bridgehead atoms. The van der Waals surface area contributed by atoms with Gasteiger partial charge in [-0.15, -0.1) is 0 Å². The van der Waals surface area contributed by atoms with Crippen molar-refractivity contribution in [2.75, 3.05) is 49.3 Å². The average Bonchev–Trinajstić information content (AvgIpc) is 3.37. The van der Waals surface area contributed by atoms with E-state index in [2.05, 4.69) is 37.1 Å². The first-order chi connectivity index (χ1) is 36.3. The first-order valence-corrected chi connectivity index (χ1v) is 32.8. The Balaban J connectivity index is -0.000000576. The van der Waals surface area contributed by atoms with Crippen LogP contribution in [0.3, 0.4) is 0 Å². The van der Waals surface area contributed by atoms with Crippen LogP contribution in [-0.4, -0.2) is 97.5 Å². The van der Waals surface area contributed by atoms with Crippen molar-refractivity contribution in [1.29, 1.82) is 6.65 Å². The van der Waals surface area contributed by atoms with E-state index in [1.807, 2.05) is 13.8 Å². The first kappa shape index (κ1) is 76.5. The van der Waals surface area contributed by atoms with Crippen LogP contribution in [0.15, 0.2) is 12.2 Å². The summed E-state index contributed by atoms with van der Waals surface area (Å²) in [5.41, 5.74) is 0. The average molecular weight is 1120 g/mol. The van der Waals surface area contributed by atoms with E-state index in [0.717, 1.165) is 31.4 Å². The van der Waals surface area contributed by atoms with Crippen LogP contribution in [0.1, 0.15) is 266 Å². The van der Waals surface area contributed by atoms with Crippen LogP contribution >= 0.6 is 47.9 Å². The fourth-order valence-corrected chi connectivity index (χ4v) is 10.2. The molecule has 11 nitrogen and oxygen atoms in total. The predicted molar refractivity (Wildman–Crippen MR) is 328 cm³/mol. The summed E-state index contributed by atoms with van der Waals surface area (Å²) in [6, 6.07) is 0. The fourth-order valence-electron chi connectivity index (χ4n) is 7.56. The molecular formula is C58H112BN3O8S4. The molecule has 74 heavy (non-hydrogen) atoms. The minimum atomic E-state index is -0.200. The van der Waals surface area contributed by atoms with Gasteiger partial charge in [0.2, 0.25) is 16.9 Å². The Labute approximate surface area is 475 Å². The van der Waals surface area contributed by atoms with Gasteiger partial charge in [0, 0.05) is 61.6 Å². The summed E-state index contributed by atoms with van der Waals surface area (Å²) in [6.07, 6.45) is 47.1. The molecule has 1 unspecified atom stereocenters. The summed E-state index contributed by atoms with van der Waals surface area (Å²) < 4.78 is 16.3. The molecular weight excluding hydrogens is 1010 g/mol. The Morgan fingerprint density at radius 2 is 0.878 bits per heavy atom. The van der Waals surface area contributed by atoms with Crippen molar-refractivity contribution in [2.24, 2.45) is 0 Å². The van der Waals surface area contributed by atoms with Gasteiger partial charge in [-0.3, -0.25) is 28.8 Å². The van der Waals surface area contributed by atoms with Crippen molar-refractivity contribution >= 4 is 89.5 Å². The summed E-state index contributed by atoms with van der Waals surface area (Å²) in [4.78, 5) is 67.6. The zero-order chi connectivity index (χ0) is 56.5. The molecule has 0 aliphatic carbocycles. The van der Waals surface area contributed by atoms with E-state index in [4.69, 9.17) is 16.1 Å². The van der Waals surface area contributed by atoms with Gasteiger partial charge < -0.3 is 20.1 Å². The summed E-state index contributed by atoms with van der Waals surface area (Å²) in [7, 11) is 0.500. The number of unbranched alkanes of at least 4 members (excludes halogenated alkanes) is 30. The Morgan fingerprint density at radius 1 is 0.554 bits per heavy atom. The van der Waals surface area contributed by atoms with E-state index < -0.39 is 0 Å². The second-order valence-electron chi connectivity index (χ2n) is 19.0. The number of thiol groups is 1. The molecule has 0 rings (SSSR count). The van der Waals surface area contributed by atoms with Crippen molar-refractivity contribution < 1.29 is 38.2 Å². The molecule has 0 aromatic rings. The van der Waals surface area contributed by atoms with Crippen molar-refractivity contribution in [2.45, 2.75) is 272 Å². The number of ether oxygens (including phenoxy) is 2. The number of amides is 2. The molecule has 0 fully saturated rings. The Hall–Kier alpha value is -1.78. The van der Waals surface area contributed by atoms with Crippen molar-refractivity contribution in [1.82, 2.24) is 10.6 Å². The van der Waals surface area contributed by atoms with Crippen LogP contribution in [0.4, 0.5) is 0 Å². The number of nitrogens with one attached hydrogen (secondary N) is 3. The Kier molecular flexibility index (Phi) is 71.5. The van der Waals surface area contributed by atoms with E-state index in [1.165, 1.54) is 223 Å². The Bertz CT molecular complexity index is 1340. The van der Waals surface area contributed by atoms with Gasteiger partial charge in [0.25, 0.3) is 0 Å². The molecule has 0 aromatic carbocycles. The minimum absolute atomic E-state index is 0.00175. The van der Waals surface area contributed by atoms with Crippen molar-refractivity contribution in [3.63, 3.8) is 0 Å². The second kappa shape index (κ2) is 69.2. The summed E-state index contributed by atoms with van der Waals surface area (Å²) in [6.45, 7) is 13.7. The SMILES string of the molecule is C/C=C/C(=O)SCCC(=O)OCCCCCCCCCCCCCCCCCC.CC(=O)NCCS.CCCCCCCCCCCCCCCCCCOC(=O)CCSC(=O)CC(C)SCCNC(C)=O.[2H]B=N. The normalized spacial score (nSPS) is 11.1. The zero-order valence-electron chi connectivity index (χ0n) is 49.2. The number of hydrogen-bond acceptors (Lipinski definition) is 13. The molecule has 1 atom stereocenters. The molecule has 2 amide bonds. The van der Waals surface area contributed by atoms with Crippen molar-refractivity contribution in [3.8, 4) is 0 Å². The van der Waals surface area contributed by atoms with E-state index >= 15 is 0 Å². The molecule has 0 radical (unpaired) electrons. The number of hydrogen-bond donors (Lipinski definition) is 4. The van der Waals surface area contributed by atoms with Gasteiger partial charge in [0.05, 0.1) is 26.1 Å². The van der Waals surface area contributed by atoms with Crippen LogP contribution in [0.25, 0.3) is 0 Å². The van der Waals surface area contributed by atoms with Gasteiger partial charge in [0.1, 0.15) is 0 Å². The first-order valence-electron chi connectivity index (χ1n) is 29.8. The maximum absolute atomic E-state index is 12.0. The number of carbonyl (C=O) groups excluding carboxylic acids is 6. The van der Waals surface area contributed by atoms with Gasteiger partial charge in [-0.2, -0.15) is 24.4 Å². The van der Waals surface area contributed by atoms with Gasteiger partial charge in [-0.1, -0.05) is 243 Å². The summed E-state index contributed by atoms with van der Waals surface area (Å²) >= 11 is 7.94. The molecule has 0 spiro atoms. The Morgan fingerprint density at radius 3 is 1.19 bits per heavy atom. The number of carbonyl (C=O) groups is 6. The van der Waals surface area contributed by atoms with Gasteiger partial charge >= 0.3 is 26.2 Å². The van der Waals surface area contributed by atoms with Crippen LogP contribution in [-0.2, 0) is 38.2 Å². The monoisotopic (exact) mass is 1120 g/mol. The maximum atomic E-state index is 12.0. The molecule has 3 N–H and O–H groups in total. The third kappa shape index (κ3) is 76.7. The van der Waals surface area contributed by atoms with Crippen molar-refractivity contribution in [3.05, 3.63) is 12.2 Å². The molecule has 0 aromatic heterocycles. The number of esters is 2. The van der Waals surface area contributed by atoms with Crippen LogP contribution < -0.4 is 10.6 Å². The van der Waals surface area contributed by atoms with E-state index in [9.17, 15) is 28.8 Å². The number of rotatable bonds is 49. The van der Waals surface area contributed by atoms with Crippen LogP contribution in [0, 0.1) is 5.31 Å². The number of thioether (sulfide) groups is 3. The molecule has 0 heterocycles. The van der Waals surface area contributed by atoms with Crippen LogP contribution in [0.2, 0.25) is 0 Å². The zero-order valence-corrected chi connectivity index (χ0v) is 51.5. The fraction of sp³-hybridized carbons (Fsp3) is 0.862. The topological polar surface area (TPSA) is 169 Å². The molecule has 16 heteroatoms. The molecule has 0 saturated carbocycles. The standard InChI is InChI=1S/C29H55NO4S2.C25H46O3S.C4H9NOS.BH2N/c1-4-5-6-7-8-9-10-11-12-13-14-15-16-17-18-19-22-34-28(32)20-23-36-29(33)25-26(2)35-24-21-30-27(3)31;1-3-5-6-7-8-9-10-11-12-13-14-15-16-17-18-19-22-28-24(26)21-23-29-25(27)20-4-2;1-4(6)5-2-3-7;1-2/h26H,4-25H2,1-3H3,(H,30,31);4,20H,3,5-19,21-23H2,1-2H3;7H,2-3H2,1H3,(H,5,6);1-2H/b;20-4+;;/i;;;1D. The second-order valence-corrected chi connectivity index (χ2v) is 23.3. The third-order valence-corrected chi connectivity index (χ3v) is 14.9. The molecule has 434 valence electrons. The number of allylic oxidation sites excluding steroid dienone is 1. The molecule has 0 saturated heterocycles. The van der Waals surface area contributed by atoms with Gasteiger partial charge in [0.15, 0.2) is 5.12 Å². The predicted octanol–water partition coefficient (Wildman–Crippen LogP) is 15.8. The van der Waals surface area contributed by atoms with E-state index in [-0.39, 0.29) is 39.2 Å². The van der Waals surface area contributed by atoms with Gasteiger partial charge in [-0.05, 0) is 25.8 Å². The summed E-state index contributed by atoms with van der Waals surface area (Å²) in [5, 5.41) is 11.4.